The molecule has 2 heterocycles. The molecule has 0 aromatic carbocycles. The second kappa shape index (κ2) is 4.04. The summed E-state index contributed by atoms with van der Waals surface area (Å²) in [6.07, 6.45) is 3.39. The van der Waals surface area contributed by atoms with E-state index in [0.717, 1.165) is 17.9 Å². The second-order valence-corrected chi connectivity index (χ2v) is 3.41. The van der Waals surface area contributed by atoms with Crippen molar-refractivity contribution >= 4 is 11.6 Å². The van der Waals surface area contributed by atoms with E-state index in [1.807, 2.05) is 30.1 Å². The first-order chi connectivity index (χ1) is 7.25. The number of pyridine rings is 1. The molecule has 0 fully saturated rings. The van der Waals surface area contributed by atoms with Crippen molar-refractivity contribution in [3.05, 3.63) is 42.4 Å². The standard InChI is InChI=1S/C11H13N3O/c1-14(7-9-5-6-15-8-9)11-4-2-3-10(12)13-11/h2-6,8H,7H2,1H3,(H2,12,13). The van der Waals surface area contributed by atoms with E-state index in [1.54, 1.807) is 18.6 Å². The first kappa shape index (κ1) is 9.58. The van der Waals surface area contributed by atoms with Gasteiger partial charge in [-0.3, -0.25) is 0 Å². The van der Waals surface area contributed by atoms with Crippen molar-refractivity contribution in [2.75, 3.05) is 17.7 Å². The molecule has 2 rings (SSSR count). The van der Waals surface area contributed by atoms with Crippen LogP contribution in [-0.2, 0) is 6.54 Å². The number of hydrogen-bond donors (Lipinski definition) is 1. The van der Waals surface area contributed by atoms with Gasteiger partial charge in [0.1, 0.15) is 11.6 Å². The van der Waals surface area contributed by atoms with Crippen molar-refractivity contribution in [3.63, 3.8) is 0 Å². The Morgan fingerprint density at radius 2 is 2.27 bits per heavy atom. The van der Waals surface area contributed by atoms with Crippen LogP contribution < -0.4 is 10.6 Å². The van der Waals surface area contributed by atoms with Crippen molar-refractivity contribution in [2.45, 2.75) is 6.54 Å². The summed E-state index contributed by atoms with van der Waals surface area (Å²) in [7, 11) is 1.97. The average Bonchev–Trinajstić information content (AvgIpc) is 2.70. The molecule has 0 aliphatic rings. The van der Waals surface area contributed by atoms with Gasteiger partial charge in [0.15, 0.2) is 0 Å². The largest absolute Gasteiger partial charge is 0.472 e. The summed E-state index contributed by atoms with van der Waals surface area (Å²) < 4.78 is 5.00. The third kappa shape index (κ3) is 2.28. The summed E-state index contributed by atoms with van der Waals surface area (Å²) in [5, 5.41) is 0. The monoisotopic (exact) mass is 203 g/mol. The zero-order valence-electron chi connectivity index (χ0n) is 8.55. The molecule has 2 aromatic rings. The third-order valence-electron chi connectivity index (χ3n) is 2.15. The molecule has 0 amide bonds. The predicted molar refractivity (Wildman–Crippen MR) is 59.5 cm³/mol. The number of rotatable bonds is 3. The van der Waals surface area contributed by atoms with Gasteiger partial charge in [0.05, 0.1) is 12.5 Å². The Hall–Kier alpha value is -1.97. The zero-order valence-corrected chi connectivity index (χ0v) is 8.55. The summed E-state index contributed by atoms with van der Waals surface area (Å²) >= 11 is 0. The fraction of sp³-hybridized carbons (Fsp3) is 0.182. The summed E-state index contributed by atoms with van der Waals surface area (Å²) in [6, 6.07) is 7.53. The Morgan fingerprint density at radius 1 is 1.40 bits per heavy atom. The predicted octanol–water partition coefficient (Wildman–Crippen LogP) is 1.89. The minimum atomic E-state index is 0.534. The van der Waals surface area contributed by atoms with E-state index in [0.29, 0.717) is 5.82 Å². The Balaban J connectivity index is 2.11. The number of aromatic nitrogens is 1. The van der Waals surface area contributed by atoms with Crippen LogP contribution in [0, 0.1) is 0 Å². The molecule has 0 saturated carbocycles. The van der Waals surface area contributed by atoms with Crippen LogP contribution in [0.1, 0.15) is 5.56 Å². The van der Waals surface area contributed by atoms with Gasteiger partial charge in [-0.25, -0.2) is 4.98 Å². The summed E-state index contributed by atoms with van der Waals surface area (Å²) in [4.78, 5) is 6.24. The van der Waals surface area contributed by atoms with Crippen LogP contribution in [0.2, 0.25) is 0 Å². The zero-order chi connectivity index (χ0) is 10.7. The first-order valence-electron chi connectivity index (χ1n) is 4.70. The van der Waals surface area contributed by atoms with E-state index in [2.05, 4.69) is 4.98 Å². The van der Waals surface area contributed by atoms with Gasteiger partial charge < -0.3 is 15.1 Å². The molecule has 0 unspecified atom stereocenters. The molecule has 2 aromatic heterocycles. The maximum atomic E-state index is 5.61. The molecule has 78 valence electrons. The SMILES string of the molecule is CN(Cc1ccoc1)c1cccc(N)n1. The maximum absolute atomic E-state index is 5.61. The lowest BCUT2D eigenvalue weighted by Gasteiger charge is -2.17. The van der Waals surface area contributed by atoms with Crippen molar-refractivity contribution < 1.29 is 4.42 Å². The number of furan rings is 1. The van der Waals surface area contributed by atoms with Crippen LogP contribution in [0.5, 0.6) is 0 Å². The first-order valence-corrected chi connectivity index (χ1v) is 4.70. The number of nitrogen functional groups attached to an aromatic ring is 1. The van der Waals surface area contributed by atoms with Crippen LogP contribution in [0.4, 0.5) is 11.6 Å². The Morgan fingerprint density at radius 3 is 2.93 bits per heavy atom. The Bertz CT molecular complexity index is 425. The lowest BCUT2D eigenvalue weighted by atomic mass is 10.3. The van der Waals surface area contributed by atoms with E-state index in [-0.39, 0.29) is 0 Å². The van der Waals surface area contributed by atoms with Gasteiger partial charge in [-0.15, -0.1) is 0 Å². The maximum Gasteiger partial charge on any atom is 0.130 e. The molecular formula is C11H13N3O. The van der Waals surface area contributed by atoms with E-state index in [1.165, 1.54) is 0 Å². The molecule has 0 aliphatic carbocycles. The van der Waals surface area contributed by atoms with Crippen molar-refractivity contribution in [3.8, 4) is 0 Å². The van der Waals surface area contributed by atoms with Gasteiger partial charge in [0, 0.05) is 19.2 Å². The second-order valence-electron chi connectivity index (χ2n) is 3.41. The van der Waals surface area contributed by atoms with E-state index in [4.69, 9.17) is 10.2 Å². The van der Waals surface area contributed by atoms with Gasteiger partial charge in [-0.2, -0.15) is 0 Å². The van der Waals surface area contributed by atoms with Crippen LogP contribution in [-0.4, -0.2) is 12.0 Å². The molecule has 15 heavy (non-hydrogen) atoms. The minimum absolute atomic E-state index is 0.534. The number of hydrogen-bond acceptors (Lipinski definition) is 4. The normalized spacial score (nSPS) is 10.2. The number of nitrogens with two attached hydrogens (primary N) is 1. The molecule has 4 nitrogen and oxygen atoms in total. The van der Waals surface area contributed by atoms with E-state index in [9.17, 15) is 0 Å². The molecule has 0 aliphatic heterocycles. The van der Waals surface area contributed by atoms with Crippen LogP contribution in [0.25, 0.3) is 0 Å². The smallest absolute Gasteiger partial charge is 0.130 e. The van der Waals surface area contributed by atoms with Gasteiger partial charge >= 0.3 is 0 Å². The summed E-state index contributed by atoms with van der Waals surface area (Å²) in [6.45, 7) is 0.757. The quantitative estimate of drug-likeness (QED) is 0.827. The van der Waals surface area contributed by atoms with Gasteiger partial charge in [-0.1, -0.05) is 6.07 Å². The topological polar surface area (TPSA) is 55.3 Å². The highest BCUT2D eigenvalue weighted by Crippen LogP contribution is 2.13. The number of anilines is 2. The van der Waals surface area contributed by atoms with Crippen LogP contribution in [0.3, 0.4) is 0 Å². The van der Waals surface area contributed by atoms with E-state index < -0.39 is 0 Å². The molecule has 0 spiro atoms. The third-order valence-corrected chi connectivity index (χ3v) is 2.15. The Kier molecular flexibility index (Phi) is 2.58. The fourth-order valence-electron chi connectivity index (χ4n) is 1.39. The average molecular weight is 203 g/mol. The minimum Gasteiger partial charge on any atom is -0.472 e. The van der Waals surface area contributed by atoms with Gasteiger partial charge in [-0.05, 0) is 18.2 Å². The van der Waals surface area contributed by atoms with E-state index >= 15 is 0 Å². The van der Waals surface area contributed by atoms with Crippen LogP contribution in [0.15, 0.2) is 41.2 Å². The summed E-state index contributed by atoms with van der Waals surface area (Å²) in [5.41, 5.74) is 6.73. The molecule has 0 radical (unpaired) electrons. The molecular weight excluding hydrogens is 190 g/mol. The summed E-state index contributed by atoms with van der Waals surface area (Å²) in [5.74, 6) is 1.39. The molecule has 0 saturated heterocycles. The van der Waals surface area contributed by atoms with Crippen LogP contribution >= 0.6 is 0 Å². The highest BCUT2D eigenvalue weighted by atomic mass is 16.3. The van der Waals surface area contributed by atoms with Crippen molar-refractivity contribution in [2.24, 2.45) is 0 Å². The molecule has 2 N–H and O–H groups in total. The van der Waals surface area contributed by atoms with Gasteiger partial charge in [0.2, 0.25) is 0 Å². The number of nitrogens with zero attached hydrogens (tertiary/aromatic N) is 2. The lowest BCUT2D eigenvalue weighted by molar-refractivity contribution is 0.563. The molecule has 0 atom stereocenters. The highest BCUT2D eigenvalue weighted by molar-refractivity contribution is 5.44. The van der Waals surface area contributed by atoms with Gasteiger partial charge in [0.25, 0.3) is 0 Å². The highest BCUT2D eigenvalue weighted by Gasteiger charge is 2.04. The molecule has 4 heteroatoms. The Labute approximate surface area is 88.3 Å². The van der Waals surface area contributed by atoms with Crippen molar-refractivity contribution in [1.82, 2.24) is 4.98 Å². The fourth-order valence-corrected chi connectivity index (χ4v) is 1.39. The molecule has 0 bridgehead atoms. The lowest BCUT2D eigenvalue weighted by Crippen LogP contribution is -2.17. The van der Waals surface area contributed by atoms with Crippen molar-refractivity contribution in [1.29, 1.82) is 0 Å².